The maximum absolute atomic E-state index is 12.5. The fourth-order valence-electron chi connectivity index (χ4n) is 3.18. The first kappa shape index (κ1) is 22.5. The van der Waals surface area contributed by atoms with Crippen LogP contribution in [0.2, 0.25) is 0 Å². The van der Waals surface area contributed by atoms with Crippen LogP contribution in [0.25, 0.3) is 0 Å². The Bertz CT molecular complexity index is 917. The molecule has 0 aliphatic heterocycles. The van der Waals surface area contributed by atoms with E-state index in [4.69, 9.17) is 4.74 Å². The second-order valence-corrected chi connectivity index (χ2v) is 7.12. The minimum Gasteiger partial charge on any atom is -0.493 e. The molecule has 0 radical (unpaired) electrons. The van der Waals surface area contributed by atoms with E-state index in [2.05, 4.69) is 14.8 Å². The smallest absolute Gasteiger partial charge is 0.387 e. The van der Waals surface area contributed by atoms with Gasteiger partial charge in [-0.05, 0) is 54.8 Å². The highest BCUT2D eigenvalue weighted by Gasteiger charge is 2.30. The number of nitrogens with zero attached hydrogens (tertiary/aromatic N) is 1. The van der Waals surface area contributed by atoms with E-state index in [9.17, 15) is 18.4 Å². The lowest BCUT2D eigenvalue weighted by molar-refractivity contribution is -0.117. The van der Waals surface area contributed by atoms with Gasteiger partial charge in [-0.15, -0.1) is 0 Å². The number of methoxy groups -OCH3 is 2. The van der Waals surface area contributed by atoms with Gasteiger partial charge in [-0.2, -0.15) is 8.78 Å². The highest BCUT2D eigenvalue weighted by molar-refractivity contribution is 5.94. The predicted octanol–water partition coefficient (Wildman–Crippen LogP) is 3.69. The molecule has 0 saturated heterocycles. The van der Waals surface area contributed by atoms with E-state index in [-0.39, 0.29) is 30.0 Å². The summed E-state index contributed by atoms with van der Waals surface area (Å²) >= 11 is 0. The van der Waals surface area contributed by atoms with Gasteiger partial charge < -0.3 is 19.5 Å². The average molecular weight is 434 g/mol. The molecular weight excluding hydrogens is 410 g/mol. The van der Waals surface area contributed by atoms with Crippen LogP contribution in [-0.4, -0.2) is 50.2 Å². The number of carbonyl (C=O) groups is 2. The van der Waals surface area contributed by atoms with Crippen LogP contribution in [0, 0.1) is 0 Å². The summed E-state index contributed by atoms with van der Waals surface area (Å²) < 4.78 is 39.3. The standard InChI is InChI=1S/C22H24F2N2O5/c1-29-19-11-14(3-10-18(19)31-22(23)24)12-26(17-8-9-17)13-20(27)25-16-6-4-15(5-7-16)21(28)30-2/h3-7,10-11,17,22H,8-9,12-13H2,1-2H3,(H,25,27). The normalized spacial score (nSPS) is 13.2. The summed E-state index contributed by atoms with van der Waals surface area (Å²) in [4.78, 5) is 26.1. The van der Waals surface area contributed by atoms with Crippen molar-refractivity contribution in [1.82, 2.24) is 4.90 Å². The lowest BCUT2D eigenvalue weighted by Crippen LogP contribution is -2.34. The van der Waals surface area contributed by atoms with Gasteiger partial charge in [0, 0.05) is 18.3 Å². The van der Waals surface area contributed by atoms with Crippen LogP contribution in [0.1, 0.15) is 28.8 Å². The largest absolute Gasteiger partial charge is 0.493 e. The molecule has 0 spiro atoms. The number of hydrogen-bond donors (Lipinski definition) is 1. The van der Waals surface area contributed by atoms with Crippen LogP contribution >= 0.6 is 0 Å². The van der Waals surface area contributed by atoms with Crippen molar-refractivity contribution < 1.29 is 32.6 Å². The first-order chi connectivity index (χ1) is 14.9. The molecule has 7 nitrogen and oxygen atoms in total. The molecule has 3 rings (SSSR count). The summed E-state index contributed by atoms with van der Waals surface area (Å²) in [5.41, 5.74) is 1.79. The van der Waals surface area contributed by atoms with Crippen LogP contribution in [0.15, 0.2) is 42.5 Å². The first-order valence-electron chi connectivity index (χ1n) is 9.73. The summed E-state index contributed by atoms with van der Waals surface area (Å²) in [7, 11) is 2.69. The monoisotopic (exact) mass is 434 g/mol. The minimum atomic E-state index is -2.94. The van der Waals surface area contributed by atoms with Gasteiger partial charge in [0.2, 0.25) is 5.91 Å². The van der Waals surface area contributed by atoms with Gasteiger partial charge in [0.15, 0.2) is 11.5 Å². The lowest BCUT2D eigenvalue weighted by Gasteiger charge is -2.22. The molecule has 1 amide bonds. The molecular formula is C22H24F2N2O5. The average Bonchev–Trinajstić information content (AvgIpc) is 3.59. The van der Waals surface area contributed by atoms with E-state index in [0.29, 0.717) is 17.8 Å². The van der Waals surface area contributed by atoms with Crippen LogP contribution < -0.4 is 14.8 Å². The number of benzene rings is 2. The summed E-state index contributed by atoms with van der Waals surface area (Å²) in [6.07, 6.45) is 1.98. The molecule has 1 aliphatic carbocycles. The summed E-state index contributed by atoms with van der Waals surface area (Å²) in [6, 6.07) is 11.5. The van der Waals surface area contributed by atoms with Gasteiger partial charge in [-0.1, -0.05) is 6.07 Å². The Morgan fingerprint density at radius 3 is 2.39 bits per heavy atom. The molecule has 0 unspecified atom stereocenters. The predicted molar refractivity (Wildman–Crippen MR) is 109 cm³/mol. The Morgan fingerprint density at radius 1 is 1.10 bits per heavy atom. The number of amides is 1. The van der Waals surface area contributed by atoms with Gasteiger partial charge in [0.05, 0.1) is 26.3 Å². The zero-order valence-corrected chi connectivity index (χ0v) is 17.3. The maximum Gasteiger partial charge on any atom is 0.387 e. The van der Waals surface area contributed by atoms with E-state index in [1.54, 1.807) is 36.4 Å². The highest BCUT2D eigenvalue weighted by Crippen LogP contribution is 2.32. The highest BCUT2D eigenvalue weighted by atomic mass is 19.3. The Hall–Kier alpha value is -3.20. The van der Waals surface area contributed by atoms with Crippen LogP contribution in [-0.2, 0) is 16.1 Å². The third-order valence-electron chi connectivity index (χ3n) is 4.83. The fraction of sp³-hybridized carbons (Fsp3) is 0.364. The Balaban J connectivity index is 1.62. The molecule has 9 heteroatoms. The van der Waals surface area contributed by atoms with Gasteiger partial charge in [-0.3, -0.25) is 9.69 Å². The second-order valence-electron chi connectivity index (χ2n) is 7.12. The van der Waals surface area contributed by atoms with E-state index in [1.165, 1.54) is 20.3 Å². The molecule has 0 heterocycles. The molecule has 2 aromatic rings. The van der Waals surface area contributed by atoms with Crippen molar-refractivity contribution in [3.63, 3.8) is 0 Å². The van der Waals surface area contributed by atoms with Crippen LogP contribution in [0.3, 0.4) is 0 Å². The van der Waals surface area contributed by atoms with Gasteiger partial charge in [0.1, 0.15) is 0 Å². The second kappa shape index (κ2) is 10.2. The number of hydrogen-bond acceptors (Lipinski definition) is 6. The summed E-state index contributed by atoms with van der Waals surface area (Å²) in [5.74, 6) is -0.462. The van der Waals surface area contributed by atoms with Crippen molar-refractivity contribution >= 4 is 17.6 Å². The number of ether oxygens (including phenoxy) is 3. The quantitative estimate of drug-likeness (QED) is 0.575. The zero-order valence-electron chi connectivity index (χ0n) is 17.3. The Kier molecular flexibility index (Phi) is 7.41. The molecule has 166 valence electrons. The number of esters is 1. The van der Waals surface area contributed by atoms with Gasteiger partial charge in [-0.25, -0.2) is 4.79 Å². The van der Waals surface area contributed by atoms with Crippen LogP contribution in [0.4, 0.5) is 14.5 Å². The van der Waals surface area contributed by atoms with E-state index in [0.717, 1.165) is 18.4 Å². The number of carbonyl (C=O) groups excluding carboxylic acids is 2. The number of nitrogens with one attached hydrogen (secondary N) is 1. The fourth-order valence-corrected chi connectivity index (χ4v) is 3.18. The van der Waals surface area contributed by atoms with E-state index in [1.807, 2.05) is 4.90 Å². The van der Waals surface area contributed by atoms with Crippen molar-refractivity contribution in [1.29, 1.82) is 0 Å². The third-order valence-corrected chi connectivity index (χ3v) is 4.83. The first-order valence-corrected chi connectivity index (χ1v) is 9.73. The van der Waals surface area contributed by atoms with Crippen molar-refractivity contribution in [3.8, 4) is 11.5 Å². The van der Waals surface area contributed by atoms with Gasteiger partial charge in [0.25, 0.3) is 0 Å². The number of rotatable bonds is 10. The van der Waals surface area contributed by atoms with Gasteiger partial charge >= 0.3 is 12.6 Å². The molecule has 0 bridgehead atoms. The van der Waals surface area contributed by atoms with E-state index < -0.39 is 12.6 Å². The van der Waals surface area contributed by atoms with Crippen LogP contribution in [0.5, 0.6) is 11.5 Å². The van der Waals surface area contributed by atoms with E-state index >= 15 is 0 Å². The number of anilines is 1. The molecule has 1 saturated carbocycles. The molecule has 0 atom stereocenters. The lowest BCUT2D eigenvalue weighted by atomic mass is 10.1. The number of alkyl halides is 2. The molecule has 1 fully saturated rings. The summed E-state index contributed by atoms with van der Waals surface area (Å²) in [5, 5.41) is 2.82. The minimum absolute atomic E-state index is 0.0348. The molecule has 2 aromatic carbocycles. The topological polar surface area (TPSA) is 77.1 Å². The molecule has 1 aliphatic rings. The molecule has 0 aromatic heterocycles. The molecule has 31 heavy (non-hydrogen) atoms. The van der Waals surface area contributed by atoms with Crippen molar-refractivity contribution in [2.75, 3.05) is 26.1 Å². The summed E-state index contributed by atoms with van der Waals surface area (Å²) in [6.45, 7) is -2.31. The Labute approximate surface area is 178 Å². The van der Waals surface area contributed by atoms with Crippen molar-refractivity contribution in [2.45, 2.75) is 32.0 Å². The SMILES string of the molecule is COC(=O)c1ccc(NC(=O)CN(Cc2ccc(OC(F)F)c(OC)c2)C2CC2)cc1. The van der Waals surface area contributed by atoms with Crippen molar-refractivity contribution in [2.24, 2.45) is 0 Å². The number of halogens is 2. The Morgan fingerprint density at radius 2 is 1.81 bits per heavy atom. The third kappa shape index (κ3) is 6.39. The zero-order chi connectivity index (χ0) is 22.4. The molecule has 1 N–H and O–H groups in total. The van der Waals surface area contributed by atoms with Crippen molar-refractivity contribution in [3.05, 3.63) is 53.6 Å². The maximum atomic E-state index is 12.5.